The molecule has 190 valence electrons. The van der Waals surface area contributed by atoms with Crippen LogP contribution in [0.4, 0.5) is 5.69 Å². The van der Waals surface area contributed by atoms with Crippen LogP contribution in [-0.2, 0) is 16.2 Å². The van der Waals surface area contributed by atoms with Crippen LogP contribution in [0.1, 0.15) is 36.1 Å². The molecule has 9 nitrogen and oxygen atoms in total. The molecule has 1 unspecified atom stereocenters. The van der Waals surface area contributed by atoms with Gasteiger partial charge in [-0.2, -0.15) is 0 Å². The number of benzene rings is 3. The van der Waals surface area contributed by atoms with Crippen LogP contribution >= 0.6 is 0 Å². The van der Waals surface area contributed by atoms with Gasteiger partial charge < -0.3 is 19.5 Å². The SMILES string of the molecule is CCCN1C(=O)C(=O)/C(=C(\O)c2ccc([N+](=O)[O-])cc2)C1c1ccc(OCc2ccccc2)c(OC)c1. The number of Topliss-reactive ketones (excluding diaryl/α,β-unsaturated/α-hetero) is 1. The summed E-state index contributed by atoms with van der Waals surface area (Å²) in [6, 6.07) is 19.0. The maximum absolute atomic E-state index is 13.1. The lowest BCUT2D eigenvalue weighted by Gasteiger charge is -2.25. The van der Waals surface area contributed by atoms with Crippen LogP contribution < -0.4 is 9.47 Å². The van der Waals surface area contributed by atoms with E-state index in [1.165, 1.54) is 36.3 Å². The molecule has 1 saturated heterocycles. The number of non-ortho nitro benzene ring substituents is 1. The molecule has 37 heavy (non-hydrogen) atoms. The predicted octanol–water partition coefficient (Wildman–Crippen LogP) is 5.01. The minimum absolute atomic E-state index is 0.0905. The number of likely N-dealkylation sites (tertiary alicyclic amines) is 1. The molecule has 0 aromatic heterocycles. The molecular weight excluding hydrogens is 476 g/mol. The summed E-state index contributed by atoms with van der Waals surface area (Å²) in [5, 5.41) is 22.1. The maximum Gasteiger partial charge on any atom is 0.295 e. The fourth-order valence-corrected chi connectivity index (χ4v) is 4.30. The lowest BCUT2D eigenvalue weighted by molar-refractivity contribution is -0.384. The molecular formula is C28H26N2O7. The summed E-state index contributed by atoms with van der Waals surface area (Å²) in [7, 11) is 1.49. The lowest BCUT2D eigenvalue weighted by atomic mass is 9.95. The smallest absolute Gasteiger partial charge is 0.295 e. The Hall–Kier alpha value is -4.66. The molecule has 3 aromatic rings. The van der Waals surface area contributed by atoms with Gasteiger partial charge in [0.25, 0.3) is 17.4 Å². The molecule has 1 amide bonds. The Bertz CT molecular complexity index is 1350. The number of aliphatic hydroxyl groups is 1. The van der Waals surface area contributed by atoms with Crippen LogP contribution in [0.15, 0.2) is 78.4 Å². The van der Waals surface area contributed by atoms with Crippen LogP contribution in [0, 0.1) is 10.1 Å². The molecule has 1 aliphatic rings. The molecule has 0 aliphatic carbocycles. The topological polar surface area (TPSA) is 119 Å². The second kappa shape index (κ2) is 10.9. The molecule has 1 atom stereocenters. The van der Waals surface area contributed by atoms with Gasteiger partial charge in [0.15, 0.2) is 11.5 Å². The summed E-state index contributed by atoms with van der Waals surface area (Å²) in [5.41, 5.74) is 1.48. The number of methoxy groups -OCH3 is 1. The van der Waals surface area contributed by atoms with Gasteiger partial charge in [-0.1, -0.05) is 43.3 Å². The zero-order chi connectivity index (χ0) is 26.5. The first-order chi connectivity index (χ1) is 17.8. The standard InChI is InChI=1S/C28H26N2O7/c1-3-15-29-25(20-11-14-22(23(16-20)36-2)37-17-18-7-5-4-6-8-18)24(27(32)28(29)33)26(31)19-9-12-21(13-10-19)30(34)35/h4-14,16,25,31H,3,15,17H2,1-2H3/b26-24-. The van der Waals surface area contributed by atoms with E-state index in [0.717, 1.165) is 5.56 Å². The van der Waals surface area contributed by atoms with Gasteiger partial charge >= 0.3 is 0 Å². The fraction of sp³-hybridized carbons (Fsp3) is 0.214. The summed E-state index contributed by atoms with van der Waals surface area (Å²) in [6.45, 7) is 2.50. The number of aliphatic hydroxyl groups excluding tert-OH is 1. The van der Waals surface area contributed by atoms with E-state index in [0.29, 0.717) is 36.6 Å². The zero-order valence-corrected chi connectivity index (χ0v) is 20.4. The third-order valence-corrected chi connectivity index (χ3v) is 6.10. The van der Waals surface area contributed by atoms with Gasteiger partial charge in [-0.05, 0) is 41.8 Å². The van der Waals surface area contributed by atoms with Crippen molar-refractivity contribution in [1.29, 1.82) is 0 Å². The van der Waals surface area contributed by atoms with Gasteiger partial charge in [-0.15, -0.1) is 0 Å². The van der Waals surface area contributed by atoms with E-state index in [2.05, 4.69) is 0 Å². The summed E-state index contributed by atoms with van der Waals surface area (Å²) in [4.78, 5) is 37.9. The molecule has 1 heterocycles. The van der Waals surface area contributed by atoms with E-state index in [1.807, 2.05) is 37.3 Å². The van der Waals surface area contributed by atoms with Crippen LogP contribution in [0.3, 0.4) is 0 Å². The number of hydrogen-bond acceptors (Lipinski definition) is 7. The van der Waals surface area contributed by atoms with Gasteiger partial charge in [-0.3, -0.25) is 19.7 Å². The first-order valence-corrected chi connectivity index (χ1v) is 11.7. The molecule has 0 radical (unpaired) electrons. The average Bonchev–Trinajstić information content (AvgIpc) is 3.17. The van der Waals surface area contributed by atoms with Crippen LogP contribution in [0.25, 0.3) is 5.76 Å². The monoisotopic (exact) mass is 502 g/mol. The van der Waals surface area contributed by atoms with Crippen molar-refractivity contribution < 1.29 is 29.1 Å². The second-order valence-corrected chi connectivity index (χ2v) is 8.48. The highest BCUT2D eigenvalue weighted by molar-refractivity contribution is 6.46. The summed E-state index contributed by atoms with van der Waals surface area (Å²) in [6.07, 6.45) is 0.594. The van der Waals surface area contributed by atoms with Crippen molar-refractivity contribution in [2.45, 2.75) is 26.0 Å². The summed E-state index contributed by atoms with van der Waals surface area (Å²) in [5.74, 6) is -1.06. The lowest BCUT2D eigenvalue weighted by Crippen LogP contribution is -2.30. The zero-order valence-electron chi connectivity index (χ0n) is 20.4. The Morgan fingerprint density at radius 1 is 1.03 bits per heavy atom. The Balaban J connectivity index is 1.74. The van der Waals surface area contributed by atoms with Crippen LogP contribution in [0.5, 0.6) is 11.5 Å². The third-order valence-electron chi connectivity index (χ3n) is 6.10. The predicted molar refractivity (Wildman–Crippen MR) is 136 cm³/mol. The van der Waals surface area contributed by atoms with Gasteiger partial charge in [-0.25, -0.2) is 0 Å². The number of ketones is 1. The number of nitro benzene ring substituents is 1. The quantitative estimate of drug-likeness (QED) is 0.144. The van der Waals surface area contributed by atoms with Crippen molar-refractivity contribution in [3.8, 4) is 11.5 Å². The first-order valence-electron chi connectivity index (χ1n) is 11.7. The van der Waals surface area contributed by atoms with Crippen LogP contribution in [0.2, 0.25) is 0 Å². The van der Waals surface area contributed by atoms with Crippen LogP contribution in [-0.4, -0.2) is 40.3 Å². The highest BCUT2D eigenvalue weighted by Gasteiger charge is 2.45. The third kappa shape index (κ3) is 5.16. The van der Waals surface area contributed by atoms with Gasteiger partial charge in [0.1, 0.15) is 12.4 Å². The number of nitro groups is 1. The minimum atomic E-state index is -0.868. The fourth-order valence-electron chi connectivity index (χ4n) is 4.30. The molecule has 0 bridgehead atoms. The van der Waals surface area contributed by atoms with Crippen molar-refractivity contribution in [2.24, 2.45) is 0 Å². The van der Waals surface area contributed by atoms with E-state index < -0.39 is 28.4 Å². The molecule has 4 rings (SSSR count). The number of carbonyl (C=O) groups excluding carboxylic acids is 2. The number of ether oxygens (including phenoxy) is 2. The maximum atomic E-state index is 13.1. The molecule has 9 heteroatoms. The van der Waals surface area contributed by atoms with E-state index >= 15 is 0 Å². The molecule has 1 aliphatic heterocycles. The number of hydrogen-bond donors (Lipinski definition) is 1. The highest BCUT2D eigenvalue weighted by Crippen LogP contribution is 2.42. The van der Waals surface area contributed by atoms with E-state index in [4.69, 9.17) is 9.47 Å². The van der Waals surface area contributed by atoms with Crippen molar-refractivity contribution >= 4 is 23.1 Å². The normalized spacial score (nSPS) is 16.6. The Morgan fingerprint density at radius 3 is 2.35 bits per heavy atom. The van der Waals surface area contributed by atoms with Gasteiger partial charge in [0.05, 0.1) is 23.6 Å². The highest BCUT2D eigenvalue weighted by atomic mass is 16.6. The van der Waals surface area contributed by atoms with E-state index in [9.17, 15) is 24.8 Å². The molecule has 3 aromatic carbocycles. The second-order valence-electron chi connectivity index (χ2n) is 8.48. The van der Waals surface area contributed by atoms with E-state index in [-0.39, 0.29) is 16.8 Å². The number of carbonyl (C=O) groups is 2. The average molecular weight is 503 g/mol. The Labute approximate surface area is 213 Å². The minimum Gasteiger partial charge on any atom is -0.507 e. The van der Waals surface area contributed by atoms with E-state index in [1.54, 1.807) is 18.2 Å². The molecule has 0 spiro atoms. The summed E-state index contributed by atoms with van der Waals surface area (Å²) >= 11 is 0. The largest absolute Gasteiger partial charge is 0.507 e. The number of rotatable bonds is 9. The first kappa shape index (κ1) is 25.4. The summed E-state index contributed by atoms with van der Waals surface area (Å²) < 4.78 is 11.5. The van der Waals surface area contributed by atoms with Crippen molar-refractivity contribution in [3.63, 3.8) is 0 Å². The molecule has 0 saturated carbocycles. The Morgan fingerprint density at radius 2 is 1.73 bits per heavy atom. The van der Waals surface area contributed by atoms with Crippen molar-refractivity contribution in [2.75, 3.05) is 13.7 Å². The number of amides is 1. The molecule has 1 N–H and O–H groups in total. The molecule has 1 fully saturated rings. The number of nitrogens with zero attached hydrogens (tertiary/aromatic N) is 2. The van der Waals surface area contributed by atoms with Gasteiger partial charge in [0, 0.05) is 24.2 Å². The van der Waals surface area contributed by atoms with Crippen molar-refractivity contribution in [3.05, 3.63) is 105 Å². The Kier molecular flexibility index (Phi) is 7.52. The van der Waals surface area contributed by atoms with Gasteiger partial charge in [0.2, 0.25) is 0 Å². The van der Waals surface area contributed by atoms with Crippen molar-refractivity contribution in [1.82, 2.24) is 4.90 Å².